The van der Waals surface area contributed by atoms with Crippen LogP contribution in [-0.2, 0) is 25.7 Å². The van der Waals surface area contributed by atoms with Gasteiger partial charge in [-0.1, -0.05) is 24.3 Å². The van der Waals surface area contributed by atoms with Crippen LogP contribution >= 0.6 is 0 Å². The Bertz CT molecular complexity index is 1640. The molecule has 2 N–H and O–H groups in total. The zero-order chi connectivity index (χ0) is 27.2. The first kappa shape index (κ1) is 25.1. The minimum absolute atomic E-state index is 0.0563. The number of aromatic nitrogens is 4. The van der Waals surface area contributed by atoms with Crippen LogP contribution in [0.5, 0.6) is 0 Å². The topological polar surface area (TPSA) is 113 Å². The van der Waals surface area contributed by atoms with Gasteiger partial charge in [-0.2, -0.15) is 18.3 Å². The number of rotatable bonds is 4. The molecular formula is C25H20F4N6O3. The number of carbonyl (C=O) groups excluding carboxylic acids is 2. The molecule has 4 aromatic rings. The Kier molecular flexibility index (Phi) is 6.21. The van der Waals surface area contributed by atoms with Gasteiger partial charge in [0.05, 0.1) is 23.2 Å². The van der Waals surface area contributed by atoms with Crippen molar-refractivity contribution >= 4 is 22.6 Å². The lowest BCUT2D eigenvalue weighted by Gasteiger charge is -2.28. The van der Waals surface area contributed by atoms with Gasteiger partial charge in [0, 0.05) is 31.9 Å². The van der Waals surface area contributed by atoms with Crippen molar-refractivity contribution in [2.75, 3.05) is 13.6 Å². The first-order valence-electron chi connectivity index (χ1n) is 11.5. The molecule has 9 nitrogen and oxygen atoms in total. The fraction of sp³-hybridized carbons (Fsp3) is 0.240. The van der Waals surface area contributed by atoms with Crippen LogP contribution in [0.25, 0.3) is 10.8 Å². The molecule has 2 aromatic carbocycles. The van der Waals surface area contributed by atoms with E-state index < -0.39 is 35.2 Å². The maximum Gasteiger partial charge on any atom is 0.435 e. The number of alkyl halides is 3. The Balaban J connectivity index is 1.44. The number of hydrogen-bond acceptors (Lipinski definition) is 5. The molecule has 1 aliphatic rings. The second-order valence-electron chi connectivity index (χ2n) is 8.72. The number of hydrogen-bond donors (Lipinski definition) is 2. The molecule has 1 aliphatic heterocycles. The molecule has 3 heterocycles. The van der Waals surface area contributed by atoms with Crippen LogP contribution in [0.1, 0.15) is 43.6 Å². The maximum atomic E-state index is 14.8. The predicted molar refractivity (Wildman–Crippen MR) is 127 cm³/mol. The van der Waals surface area contributed by atoms with Gasteiger partial charge in [0.15, 0.2) is 5.69 Å². The van der Waals surface area contributed by atoms with E-state index in [1.165, 1.54) is 24.1 Å². The van der Waals surface area contributed by atoms with Gasteiger partial charge in [-0.15, -0.1) is 0 Å². The van der Waals surface area contributed by atoms with Crippen LogP contribution in [0.15, 0.2) is 47.3 Å². The van der Waals surface area contributed by atoms with Crippen molar-refractivity contribution in [2.24, 2.45) is 0 Å². The number of nitrogens with one attached hydrogen (secondary N) is 2. The predicted octanol–water partition coefficient (Wildman–Crippen LogP) is 2.88. The minimum Gasteiger partial charge on any atom is -0.354 e. The van der Waals surface area contributed by atoms with Crippen LogP contribution in [0.4, 0.5) is 17.6 Å². The van der Waals surface area contributed by atoms with E-state index in [9.17, 15) is 31.9 Å². The summed E-state index contributed by atoms with van der Waals surface area (Å²) in [6.07, 6.45) is -4.69. The molecule has 0 saturated carbocycles. The maximum absolute atomic E-state index is 14.8. The number of carbonyl (C=O) groups is 2. The molecular weight excluding hydrogens is 508 g/mol. The van der Waals surface area contributed by atoms with Crippen LogP contribution in [0.3, 0.4) is 0 Å². The third-order valence-electron chi connectivity index (χ3n) is 6.38. The third-order valence-corrected chi connectivity index (χ3v) is 6.38. The molecule has 0 radical (unpaired) electrons. The fourth-order valence-electron chi connectivity index (χ4n) is 4.57. The summed E-state index contributed by atoms with van der Waals surface area (Å²) in [5, 5.41) is 9.77. The zero-order valence-electron chi connectivity index (χ0n) is 19.9. The highest BCUT2D eigenvalue weighted by atomic mass is 19.4. The van der Waals surface area contributed by atoms with Crippen LogP contribution in [0.2, 0.25) is 0 Å². The van der Waals surface area contributed by atoms with Crippen LogP contribution in [-0.4, -0.2) is 50.1 Å². The van der Waals surface area contributed by atoms with Gasteiger partial charge in [-0.25, -0.2) is 14.5 Å². The number of halogens is 4. The fourth-order valence-corrected chi connectivity index (χ4v) is 4.57. The Labute approximate surface area is 212 Å². The quantitative estimate of drug-likeness (QED) is 0.396. The molecule has 0 fully saturated rings. The molecule has 0 atom stereocenters. The molecule has 0 spiro atoms. The standard InChI is InChI=1S/C25H20F4N6O3/c1-30-23(37)20-21(25(27,28)29)31-19-12-34(8-9-35(19)20)24(38)16-10-13(6-7-17(16)26)11-18-14-4-2-3-5-15(14)22(36)33-32-18/h2-7,10H,8-9,11-12H2,1H3,(H,30,37)(H,33,36). The largest absolute Gasteiger partial charge is 0.435 e. The van der Waals surface area contributed by atoms with Crippen molar-refractivity contribution in [1.82, 2.24) is 30.0 Å². The molecule has 13 heteroatoms. The van der Waals surface area contributed by atoms with Gasteiger partial charge in [0.1, 0.15) is 17.3 Å². The lowest BCUT2D eigenvalue weighted by molar-refractivity contribution is -0.141. The summed E-state index contributed by atoms with van der Waals surface area (Å²) in [5.74, 6) is -2.60. The van der Waals surface area contributed by atoms with Gasteiger partial charge in [-0.3, -0.25) is 14.4 Å². The average molecular weight is 528 g/mol. The summed E-state index contributed by atoms with van der Waals surface area (Å²) >= 11 is 0. The molecule has 38 heavy (non-hydrogen) atoms. The molecule has 2 aromatic heterocycles. The van der Waals surface area contributed by atoms with Gasteiger partial charge in [-0.05, 0) is 23.8 Å². The molecule has 0 unspecified atom stereocenters. The van der Waals surface area contributed by atoms with Crippen molar-refractivity contribution < 1.29 is 27.2 Å². The molecule has 0 aliphatic carbocycles. The molecule has 2 amide bonds. The lowest BCUT2D eigenvalue weighted by Crippen LogP contribution is -2.40. The summed E-state index contributed by atoms with van der Waals surface area (Å²) in [5.41, 5.74) is -1.52. The summed E-state index contributed by atoms with van der Waals surface area (Å²) in [6.45, 7) is -0.518. The first-order valence-corrected chi connectivity index (χ1v) is 11.5. The smallest absolute Gasteiger partial charge is 0.354 e. The number of aromatic amines is 1. The van der Waals surface area contributed by atoms with Gasteiger partial charge in [0.2, 0.25) is 0 Å². The number of imidazole rings is 1. The first-order chi connectivity index (χ1) is 18.1. The van der Waals surface area contributed by atoms with Crippen molar-refractivity contribution in [3.63, 3.8) is 0 Å². The number of amides is 2. The van der Waals surface area contributed by atoms with Crippen molar-refractivity contribution in [3.05, 3.63) is 92.7 Å². The van der Waals surface area contributed by atoms with Gasteiger partial charge < -0.3 is 14.8 Å². The number of H-pyrrole nitrogens is 1. The monoisotopic (exact) mass is 528 g/mol. The molecule has 5 rings (SSSR count). The number of benzene rings is 2. The van der Waals surface area contributed by atoms with E-state index >= 15 is 0 Å². The third kappa shape index (κ3) is 4.40. The normalized spacial score (nSPS) is 13.4. The van der Waals surface area contributed by atoms with Gasteiger partial charge >= 0.3 is 6.18 Å². The van der Waals surface area contributed by atoms with E-state index in [0.717, 1.165) is 10.6 Å². The Morgan fingerprint density at radius 1 is 1.11 bits per heavy atom. The molecule has 0 saturated heterocycles. The summed E-state index contributed by atoms with van der Waals surface area (Å²) < 4.78 is 56.5. The summed E-state index contributed by atoms with van der Waals surface area (Å²) in [7, 11) is 1.21. The molecule has 0 bridgehead atoms. The number of nitrogens with zero attached hydrogens (tertiary/aromatic N) is 4. The lowest BCUT2D eigenvalue weighted by atomic mass is 10.0. The Morgan fingerprint density at radius 3 is 2.55 bits per heavy atom. The second-order valence-corrected chi connectivity index (χ2v) is 8.72. The highest BCUT2D eigenvalue weighted by Crippen LogP contribution is 2.33. The van der Waals surface area contributed by atoms with E-state index in [1.807, 2.05) is 0 Å². The molecule has 196 valence electrons. The van der Waals surface area contributed by atoms with Crippen molar-refractivity contribution in [1.29, 1.82) is 0 Å². The van der Waals surface area contributed by atoms with E-state index in [1.54, 1.807) is 24.3 Å². The Morgan fingerprint density at radius 2 is 1.84 bits per heavy atom. The van der Waals surface area contributed by atoms with E-state index in [4.69, 9.17) is 0 Å². The van der Waals surface area contributed by atoms with Crippen LogP contribution < -0.4 is 10.9 Å². The SMILES string of the molecule is CNC(=O)c1c(C(F)(F)F)nc2n1CCN(C(=O)c1cc(Cc3n[nH]c(=O)c4ccccc34)ccc1F)C2. The zero-order valence-corrected chi connectivity index (χ0v) is 19.9. The van der Waals surface area contributed by atoms with E-state index in [0.29, 0.717) is 22.0 Å². The van der Waals surface area contributed by atoms with Crippen molar-refractivity contribution in [3.8, 4) is 0 Å². The van der Waals surface area contributed by atoms with E-state index in [-0.39, 0.29) is 43.0 Å². The minimum atomic E-state index is -4.87. The van der Waals surface area contributed by atoms with Gasteiger partial charge in [0.25, 0.3) is 17.4 Å². The second kappa shape index (κ2) is 9.39. The van der Waals surface area contributed by atoms with Crippen molar-refractivity contribution in [2.45, 2.75) is 25.7 Å². The number of fused-ring (bicyclic) bond motifs is 2. The summed E-state index contributed by atoms with van der Waals surface area (Å²) in [6, 6.07) is 10.8. The van der Waals surface area contributed by atoms with E-state index in [2.05, 4.69) is 20.5 Å². The average Bonchev–Trinajstić information content (AvgIpc) is 3.30. The Hall–Kier alpha value is -4.55. The highest BCUT2D eigenvalue weighted by molar-refractivity contribution is 5.95. The summed E-state index contributed by atoms with van der Waals surface area (Å²) in [4.78, 5) is 42.3. The van der Waals surface area contributed by atoms with Crippen LogP contribution in [0, 0.1) is 5.82 Å². The highest BCUT2D eigenvalue weighted by Gasteiger charge is 2.42.